The van der Waals surface area contributed by atoms with E-state index in [1.165, 1.54) is 43.4 Å². The highest BCUT2D eigenvalue weighted by molar-refractivity contribution is 6.36. The number of alkyl halides is 2. The molecule has 0 aliphatic heterocycles. The van der Waals surface area contributed by atoms with Crippen LogP contribution in [0, 0.1) is 5.82 Å². The SMILES string of the molecule is CN(C(=O)c1ccccc1C=O)c1nn(CC(F)F)c(-c2ccc(F)cc2)c1Cl. The maximum Gasteiger partial charge on any atom is 0.259 e. The summed E-state index contributed by atoms with van der Waals surface area (Å²) in [5.41, 5.74) is 0.786. The van der Waals surface area contributed by atoms with E-state index in [4.69, 9.17) is 11.6 Å². The number of rotatable bonds is 6. The van der Waals surface area contributed by atoms with Crippen LogP contribution in [0.2, 0.25) is 5.02 Å². The first-order valence-corrected chi connectivity index (χ1v) is 8.84. The first-order chi connectivity index (χ1) is 13.8. The Labute approximate surface area is 169 Å². The van der Waals surface area contributed by atoms with Gasteiger partial charge in [0.25, 0.3) is 12.3 Å². The molecule has 0 bridgehead atoms. The molecule has 2 aromatic carbocycles. The summed E-state index contributed by atoms with van der Waals surface area (Å²) in [6, 6.07) is 11.2. The van der Waals surface area contributed by atoms with Gasteiger partial charge in [-0.15, -0.1) is 0 Å². The van der Waals surface area contributed by atoms with Crippen LogP contribution < -0.4 is 4.90 Å². The quantitative estimate of drug-likeness (QED) is 0.542. The van der Waals surface area contributed by atoms with Crippen molar-refractivity contribution in [1.29, 1.82) is 0 Å². The predicted octanol–water partition coefficient (Wildman–Crippen LogP) is 4.70. The minimum absolute atomic E-state index is 0.0447. The smallest absolute Gasteiger partial charge is 0.259 e. The summed E-state index contributed by atoms with van der Waals surface area (Å²) in [5.74, 6) is -1.14. The molecule has 3 rings (SSSR count). The summed E-state index contributed by atoms with van der Waals surface area (Å²) in [5, 5.41) is 4.03. The molecule has 0 fully saturated rings. The van der Waals surface area contributed by atoms with E-state index in [2.05, 4.69) is 5.10 Å². The van der Waals surface area contributed by atoms with Crippen molar-refractivity contribution in [3.8, 4) is 11.3 Å². The number of aromatic nitrogens is 2. The normalized spacial score (nSPS) is 11.0. The van der Waals surface area contributed by atoms with Crippen LogP contribution in [0.25, 0.3) is 11.3 Å². The third kappa shape index (κ3) is 4.17. The molecule has 0 N–H and O–H groups in total. The summed E-state index contributed by atoms with van der Waals surface area (Å²) in [4.78, 5) is 25.2. The zero-order valence-corrected chi connectivity index (χ0v) is 15.9. The van der Waals surface area contributed by atoms with E-state index in [0.29, 0.717) is 11.8 Å². The van der Waals surface area contributed by atoms with Crippen molar-refractivity contribution in [3.05, 3.63) is 70.5 Å². The first-order valence-electron chi connectivity index (χ1n) is 8.46. The summed E-state index contributed by atoms with van der Waals surface area (Å²) < 4.78 is 40.4. The number of halogens is 4. The van der Waals surface area contributed by atoms with Crippen molar-refractivity contribution in [2.45, 2.75) is 13.0 Å². The molecular formula is C20H15ClF3N3O2. The Hall–Kier alpha value is -3.13. The molecule has 150 valence electrons. The van der Waals surface area contributed by atoms with Gasteiger partial charge in [0.2, 0.25) is 0 Å². The number of carbonyl (C=O) groups is 2. The van der Waals surface area contributed by atoms with E-state index in [0.717, 1.165) is 9.58 Å². The van der Waals surface area contributed by atoms with Crippen molar-refractivity contribution >= 4 is 29.6 Å². The minimum atomic E-state index is -2.73. The lowest BCUT2D eigenvalue weighted by atomic mass is 10.1. The maximum absolute atomic E-state index is 13.3. The number of hydrogen-bond acceptors (Lipinski definition) is 3. The Morgan fingerprint density at radius 1 is 1.21 bits per heavy atom. The van der Waals surface area contributed by atoms with Crippen molar-refractivity contribution in [2.24, 2.45) is 0 Å². The standard InChI is InChI=1S/C20H15ClF3N3O2/c1-26(20(29)15-5-3-2-4-13(15)11-28)19-17(21)18(27(25-19)10-16(23)24)12-6-8-14(22)9-7-12/h2-9,11,16H,10H2,1H3. The van der Waals surface area contributed by atoms with Gasteiger partial charge in [0, 0.05) is 18.2 Å². The van der Waals surface area contributed by atoms with E-state index in [-0.39, 0.29) is 27.7 Å². The highest BCUT2D eigenvalue weighted by Crippen LogP contribution is 2.36. The second-order valence-electron chi connectivity index (χ2n) is 6.14. The summed E-state index contributed by atoms with van der Waals surface area (Å²) in [7, 11) is 1.37. The largest absolute Gasteiger partial charge is 0.298 e. The predicted molar refractivity (Wildman–Crippen MR) is 103 cm³/mol. The van der Waals surface area contributed by atoms with Crippen LogP contribution in [-0.4, -0.2) is 35.4 Å². The number of aldehydes is 1. The summed E-state index contributed by atoms with van der Waals surface area (Å²) in [6.07, 6.45) is -2.18. The molecule has 0 radical (unpaired) electrons. The van der Waals surface area contributed by atoms with E-state index in [1.54, 1.807) is 12.1 Å². The average Bonchev–Trinajstić information content (AvgIpc) is 3.02. The minimum Gasteiger partial charge on any atom is -0.298 e. The molecule has 1 aromatic heterocycles. The Bertz CT molecular complexity index is 1050. The van der Waals surface area contributed by atoms with Crippen LogP contribution >= 0.6 is 11.6 Å². The second kappa shape index (κ2) is 8.48. The summed E-state index contributed by atoms with van der Waals surface area (Å²) >= 11 is 6.40. The molecular weight excluding hydrogens is 407 g/mol. The number of carbonyl (C=O) groups excluding carboxylic acids is 2. The van der Waals surface area contributed by atoms with Gasteiger partial charge in [0.15, 0.2) is 12.1 Å². The molecule has 0 aliphatic rings. The molecule has 0 atom stereocenters. The van der Waals surface area contributed by atoms with Crippen LogP contribution in [0.1, 0.15) is 20.7 Å². The molecule has 1 heterocycles. The van der Waals surface area contributed by atoms with Gasteiger partial charge >= 0.3 is 0 Å². The Morgan fingerprint density at radius 2 is 1.86 bits per heavy atom. The van der Waals surface area contributed by atoms with E-state index < -0.39 is 24.7 Å². The number of nitrogens with zero attached hydrogens (tertiary/aromatic N) is 3. The average molecular weight is 422 g/mol. The number of hydrogen-bond donors (Lipinski definition) is 0. The molecule has 0 unspecified atom stereocenters. The Kier molecular flexibility index (Phi) is 6.03. The fourth-order valence-corrected chi connectivity index (χ4v) is 3.23. The molecule has 5 nitrogen and oxygen atoms in total. The van der Waals surface area contributed by atoms with Gasteiger partial charge in [-0.1, -0.05) is 29.8 Å². The Balaban J connectivity index is 2.08. The maximum atomic E-state index is 13.3. The van der Waals surface area contributed by atoms with E-state index in [9.17, 15) is 22.8 Å². The zero-order valence-electron chi connectivity index (χ0n) is 15.2. The van der Waals surface area contributed by atoms with Crippen molar-refractivity contribution in [2.75, 3.05) is 11.9 Å². The monoisotopic (exact) mass is 421 g/mol. The molecule has 0 aliphatic carbocycles. The fourth-order valence-electron chi connectivity index (χ4n) is 2.86. The molecule has 0 saturated heterocycles. The molecule has 0 spiro atoms. The van der Waals surface area contributed by atoms with Crippen LogP contribution in [0.4, 0.5) is 19.0 Å². The first kappa shape index (κ1) is 20.6. The van der Waals surface area contributed by atoms with Crippen LogP contribution in [0.3, 0.4) is 0 Å². The van der Waals surface area contributed by atoms with Gasteiger partial charge in [0.1, 0.15) is 17.4 Å². The summed E-state index contributed by atoms with van der Waals surface area (Å²) in [6.45, 7) is -0.764. The van der Waals surface area contributed by atoms with Gasteiger partial charge in [-0.25, -0.2) is 13.2 Å². The van der Waals surface area contributed by atoms with Crippen LogP contribution in [-0.2, 0) is 6.54 Å². The van der Waals surface area contributed by atoms with E-state index in [1.807, 2.05) is 0 Å². The number of anilines is 1. The highest BCUT2D eigenvalue weighted by atomic mass is 35.5. The second-order valence-corrected chi connectivity index (χ2v) is 6.51. The molecule has 9 heteroatoms. The van der Waals surface area contributed by atoms with Crippen molar-refractivity contribution < 1.29 is 22.8 Å². The van der Waals surface area contributed by atoms with E-state index >= 15 is 0 Å². The van der Waals surface area contributed by atoms with Gasteiger partial charge < -0.3 is 0 Å². The molecule has 29 heavy (non-hydrogen) atoms. The lowest BCUT2D eigenvalue weighted by Crippen LogP contribution is -2.28. The topological polar surface area (TPSA) is 55.2 Å². The van der Waals surface area contributed by atoms with Gasteiger partial charge in [0.05, 0.1) is 11.3 Å². The Morgan fingerprint density at radius 3 is 2.48 bits per heavy atom. The van der Waals surface area contributed by atoms with Gasteiger partial charge in [-0.3, -0.25) is 19.2 Å². The molecule has 3 aromatic rings. The molecule has 0 saturated carbocycles. The molecule has 1 amide bonds. The van der Waals surface area contributed by atoms with Crippen LogP contribution in [0.15, 0.2) is 48.5 Å². The zero-order chi connectivity index (χ0) is 21.1. The van der Waals surface area contributed by atoms with Gasteiger partial charge in [-0.05, 0) is 30.3 Å². The third-order valence-electron chi connectivity index (χ3n) is 4.25. The van der Waals surface area contributed by atoms with Crippen molar-refractivity contribution in [3.63, 3.8) is 0 Å². The lowest BCUT2D eigenvalue weighted by molar-refractivity contribution is 0.0985. The number of benzene rings is 2. The fraction of sp³-hybridized carbons (Fsp3) is 0.150. The van der Waals surface area contributed by atoms with Crippen LogP contribution in [0.5, 0.6) is 0 Å². The van der Waals surface area contributed by atoms with Crippen molar-refractivity contribution in [1.82, 2.24) is 9.78 Å². The van der Waals surface area contributed by atoms with Gasteiger partial charge in [-0.2, -0.15) is 5.10 Å². The number of amides is 1. The third-order valence-corrected chi connectivity index (χ3v) is 4.59. The highest BCUT2D eigenvalue weighted by Gasteiger charge is 2.26. The lowest BCUT2D eigenvalue weighted by Gasteiger charge is -2.16.